The fourth-order valence-corrected chi connectivity index (χ4v) is 3.30. The largest absolute Gasteiger partial charge is 0.342 e. The molecule has 1 unspecified atom stereocenters. The minimum absolute atomic E-state index is 0.239. The van der Waals surface area contributed by atoms with Crippen LogP contribution in [0.15, 0.2) is 0 Å². The van der Waals surface area contributed by atoms with Crippen molar-refractivity contribution in [1.82, 2.24) is 4.90 Å². The quantitative estimate of drug-likeness (QED) is 0.668. The summed E-state index contributed by atoms with van der Waals surface area (Å²) in [6, 6.07) is 0. The van der Waals surface area contributed by atoms with Crippen LogP contribution in [-0.2, 0) is 4.79 Å². The highest BCUT2D eigenvalue weighted by Gasteiger charge is 2.40. The van der Waals surface area contributed by atoms with Gasteiger partial charge in [0.25, 0.3) is 0 Å². The minimum atomic E-state index is 0.239. The lowest BCUT2D eigenvalue weighted by Crippen LogP contribution is -2.40. The SMILES string of the molecule is CC1(C)CCCC1C(=O)N1CCCCCC1. The fraction of sp³-hybridized carbons (Fsp3) is 0.929. The summed E-state index contributed by atoms with van der Waals surface area (Å²) in [6.07, 6.45) is 8.59. The van der Waals surface area contributed by atoms with E-state index in [-0.39, 0.29) is 5.41 Å². The van der Waals surface area contributed by atoms with Crippen molar-refractivity contribution in [2.24, 2.45) is 11.3 Å². The van der Waals surface area contributed by atoms with Crippen molar-refractivity contribution in [2.45, 2.75) is 58.8 Å². The molecule has 0 bridgehead atoms. The first-order chi connectivity index (χ1) is 7.61. The predicted molar refractivity (Wildman–Crippen MR) is 66.2 cm³/mol. The maximum atomic E-state index is 12.5. The number of hydrogen-bond acceptors (Lipinski definition) is 1. The molecule has 0 aromatic heterocycles. The zero-order valence-electron chi connectivity index (χ0n) is 10.8. The first kappa shape index (κ1) is 11.9. The summed E-state index contributed by atoms with van der Waals surface area (Å²) in [5.41, 5.74) is 0.239. The molecule has 1 aliphatic carbocycles. The average Bonchev–Trinajstić information content (AvgIpc) is 2.48. The van der Waals surface area contributed by atoms with Crippen LogP contribution in [-0.4, -0.2) is 23.9 Å². The van der Waals surface area contributed by atoms with Gasteiger partial charge in [-0.2, -0.15) is 0 Å². The van der Waals surface area contributed by atoms with Gasteiger partial charge in [-0.25, -0.2) is 0 Å². The van der Waals surface area contributed by atoms with Crippen molar-refractivity contribution in [3.8, 4) is 0 Å². The third-order valence-corrected chi connectivity index (χ3v) is 4.47. The molecule has 1 atom stereocenters. The van der Waals surface area contributed by atoms with E-state index in [2.05, 4.69) is 18.7 Å². The Labute approximate surface area is 99.4 Å². The number of carbonyl (C=O) groups excluding carboxylic acids is 1. The molecule has 1 saturated heterocycles. The molecule has 0 spiro atoms. The van der Waals surface area contributed by atoms with Crippen LogP contribution in [0.1, 0.15) is 58.8 Å². The van der Waals surface area contributed by atoms with Gasteiger partial charge in [0, 0.05) is 19.0 Å². The van der Waals surface area contributed by atoms with Crippen molar-refractivity contribution < 1.29 is 4.79 Å². The van der Waals surface area contributed by atoms with Crippen molar-refractivity contribution in [2.75, 3.05) is 13.1 Å². The Morgan fingerprint density at radius 3 is 2.19 bits per heavy atom. The molecule has 1 amide bonds. The summed E-state index contributed by atoms with van der Waals surface area (Å²) in [7, 11) is 0. The van der Waals surface area contributed by atoms with Crippen LogP contribution < -0.4 is 0 Å². The molecule has 1 aliphatic heterocycles. The van der Waals surface area contributed by atoms with Gasteiger partial charge in [0.15, 0.2) is 0 Å². The lowest BCUT2D eigenvalue weighted by molar-refractivity contribution is -0.138. The molecule has 2 nitrogen and oxygen atoms in total. The van der Waals surface area contributed by atoms with E-state index in [9.17, 15) is 4.79 Å². The second-order valence-electron chi connectivity index (χ2n) is 6.17. The third-order valence-electron chi connectivity index (χ3n) is 4.47. The predicted octanol–water partition coefficient (Wildman–Crippen LogP) is 3.22. The average molecular weight is 223 g/mol. The Morgan fingerprint density at radius 2 is 1.69 bits per heavy atom. The van der Waals surface area contributed by atoms with Crippen LogP contribution in [0.5, 0.6) is 0 Å². The number of amides is 1. The standard InChI is InChI=1S/C14H25NO/c1-14(2)9-7-8-12(14)13(16)15-10-5-3-4-6-11-15/h12H,3-11H2,1-2H3. The van der Waals surface area contributed by atoms with Gasteiger partial charge < -0.3 is 4.90 Å². The molecule has 2 aliphatic rings. The molecule has 0 N–H and O–H groups in total. The third kappa shape index (κ3) is 2.41. The molecule has 1 saturated carbocycles. The molecule has 16 heavy (non-hydrogen) atoms. The van der Waals surface area contributed by atoms with Crippen LogP contribution in [0.3, 0.4) is 0 Å². The van der Waals surface area contributed by atoms with Gasteiger partial charge in [0.05, 0.1) is 0 Å². The second kappa shape index (κ2) is 4.77. The Hall–Kier alpha value is -0.530. The van der Waals surface area contributed by atoms with E-state index in [4.69, 9.17) is 0 Å². The summed E-state index contributed by atoms with van der Waals surface area (Å²) < 4.78 is 0. The van der Waals surface area contributed by atoms with E-state index in [1.165, 1.54) is 38.5 Å². The molecule has 1 heterocycles. The summed E-state index contributed by atoms with van der Waals surface area (Å²) in [4.78, 5) is 14.6. The molecule has 92 valence electrons. The van der Waals surface area contributed by atoms with E-state index in [0.29, 0.717) is 11.8 Å². The van der Waals surface area contributed by atoms with Gasteiger partial charge in [-0.1, -0.05) is 33.1 Å². The highest BCUT2D eigenvalue weighted by molar-refractivity contribution is 5.80. The number of hydrogen-bond donors (Lipinski definition) is 0. The fourth-order valence-electron chi connectivity index (χ4n) is 3.30. The first-order valence-electron chi connectivity index (χ1n) is 6.90. The van der Waals surface area contributed by atoms with E-state index in [0.717, 1.165) is 19.5 Å². The molecule has 2 rings (SSSR count). The van der Waals surface area contributed by atoms with Crippen LogP contribution in [0.4, 0.5) is 0 Å². The van der Waals surface area contributed by atoms with Crippen LogP contribution >= 0.6 is 0 Å². The minimum Gasteiger partial charge on any atom is -0.342 e. The zero-order chi connectivity index (χ0) is 11.6. The smallest absolute Gasteiger partial charge is 0.226 e. The number of likely N-dealkylation sites (tertiary alicyclic amines) is 1. The van der Waals surface area contributed by atoms with Crippen molar-refractivity contribution in [3.63, 3.8) is 0 Å². The normalized spacial score (nSPS) is 30.1. The van der Waals surface area contributed by atoms with Gasteiger partial charge in [-0.3, -0.25) is 4.79 Å². The highest BCUT2D eigenvalue weighted by atomic mass is 16.2. The summed E-state index contributed by atoms with van der Waals surface area (Å²) >= 11 is 0. The highest BCUT2D eigenvalue weighted by Crippen LogP contribution is 2.43. The monoisotopic (exact) mass is 223 g/mol. The maximum absolute atomic E-state index is 12.5. The van der Waals surface area contributed by atoms with Gasteiger partial charge >= 0.3 is 0 Å². The van der Waals surface area contributed by atoms with Crippen LogP contribution in [0.25, 0.3) is 0 Å². The number of rotatable bonds is 1. The first-order valence-corrected chi connectivity index (χ1v) is 6.90. The molecule has 2 fully saturated rings. The molecular weight excluding hydrogens is 198 g/mol. The van der Waals surface area contributed by atoms with Gasteiger partial charge in [0.2, 0.25) is 5.91 Å². The topological polar surface area (TPSA) is 20.3 Å². The Morgan fingerprint density at radius 1 is 1.06 bits per heavy atom. The van der Waals surface area contributed by atoms with Gasteiger partial charge in [0.1, 0.15) is 0 Å². The molecule has 0 aromatic carbocycles. The maximum Gasteiger partial charge on any atom is 0.226 e. The Bertz CT molecular complexity index is 251. The van der Waals surface area contributed by atoms with E-state index >= 15 is 0 Å². The Kier molecular flexibility index (Phi) is 3.56. The lowest BCUT2D eigenvalue weighted by atomic mass is 9.81. The molecule has 0 aromatic rings. The number of carbonyl (C=O) groups is 1. The van der Waals surface area contributed by atoms with E-state index in [1.807, 2.05) is 0 Å². The van der Waals surface area contributed by atoms with Crippen molar-refractivity contribution >= 4 is 5.91 Å². The van der Waals surface area contributed by atoms with Crippen LogP contribution in [0.2, 0.25) is 0 Å². The van der Waals surface area contributed by atoms with Gasteiger partial charge in [-0.15, -0.1) is 0 Å². The molecule has 0 radical (unpaired) electrons. The second-order valence-corrected chi connectivity index (χ2v) is 6.17. The summed E-state index contributed by atoms with van der Waals surface area (Å²) in [6.45, 7) is 6.54. The Balaban J connectivity index is 2.00. The number of nitrogens with zero attached hydrogens (tertiary/aromatic N) is 1. The van der Waals surface area contributed by atoms with Gasteiger partial charge in [-0.05, 0) is 31.1 Å². The van der Waals surface area contributed by atoms with Crippen LogP contribution in [0, 0.1) is 11.3 Å². The summed E-state index contributed by atoms with van der Waals surface area (Å²) in [5.74, 6) is 0.745. The van der Waals surface area contributed by atoms with Crippen molar-refractivity contribution in [3.05, 3.63) is 0 Å². The zero-order valence-corrected chi connectivity index (χ0v) is 10.8. The summed E-state index contributed by atoms with van der Waals surface area (Å²) in [5, 5.41) is 0. The van der Waals surface area contributed by atoms with E-state index < -0.39 is 0 Å². The lowest BCUT2D eigenvalue weighted by Gasteiger charge is -2.31. The van der Waals surface area contributed by atoms with Crippen molar-refractivity contribution in [1.29, 1.82) is 0 Å². The molecular formula is C14H25NO. The molecule has 2 heteroatoms. The van der Waals surface area contributed by atoms with E-state index in [1.54, 1.807) is 0 Å².